The summed E-state index contributed by atoms with van der Waals surface area (Å²) < 4.78 is 6.20. The van der Waals surface area contributed by atoms with Gasteiger partial charge in [-0.3, -0.25) is 14.5 Å². The monoisotopic (exact) mass is 383 g/mol. The Morgan fingerprint density at radius 2 is 1.91 bits per heavy atom. The summed E-state index contributed by atoms with van der Waals surface area (Å²) in [5.74, 6) is 0.0297. The van der Waals surface area contributed by atoms with Crippen molar-refractivity contribution in [3.63, 3.8) is 0 Å². The Hall–Kier alpha value is -1.44. The Morgan fingerprint density at radius 3 is 2.57 bits per heavy atom. The lowest BCUT2D eigenvalue weighted by Gasteiger charge is -2.28. The molecule has 2 amide bonds. The average molecular weight is 384 g/mol. The second kappa shape index (κ2) is 9.00. The van der Waals surface area contributed by atoms with Crippen LogP contribution in [-0.2, 0) is 14.3 Å². The van der Waals surface area contributed by atoms with Crippen LogP contribution >= 0.6 is 15.9 Å². The largest absolute Gasteiger partial charge is 0.378 e. The maximum absolute atomic E-state index is 12.1. The summed E-state index contributed by atoms with van der Waals surface area (Å²) in [5.41, 5.74) is 0.769. The first-order chi connectivity index (χ1) is 11.0. The Balaban J connectivity index is 1.68. The number of benzene rings is 1. The van der Waals surface area contributed by atoms with E-state index in [1.54, 1.807) is 0 Å². The number of carbonyl (C=O) groups is 2. The van der Waals surface area contributed by atoms with Gasteiger partial charge in [0.05, 0.1) is 19.8 Å². The van der Waals surface area contributed by atoms with Gasteiger partial charge in [-0.25, -0.2) is 0 Å². The van der Waals surface area contributed by atoms with Gasteiger partial charge in [0.25, 0.3) is 0 Å². The van der Waals surface area contributed by atoms with Crippen molar-refractivity contribution in [2.24, 2.45) is 0 Å². The van der Waals surface area contributed by atoms with Gasteiger partial charge in [-0.15, -0.1) is 0 Å². The normalized spacial score (nSPS) is 14.8. The fourth-order valence-electron chi connectivity index (χ4n) is 2.27. The van der Waals surface area contributed by atoms with E-state index in [0.717, 1.165) is 10.2 Å². The average Bonchev–Trinajstić information content (AvgIpc) is 2.56. The van der Waals surface area contributed by atoms with Crippen LogP contribution in [0.4, 0.5) is 5.69 Å². The van der Waals surface area contributed by atoms with Crippen LogP contribution in [0.2, 0.25) is 0 Å². The van der Waals surface area contributed by atoms with Crippen molar-refractivity contribution in [2.75, 3.05) is 51.8 Å². The van der Waals surface area contributed by atoms with E-state index in [0.29, 0.717) is 45.8 Å². The van der Waals surface area contributed by atoms with Gasteiger partial charge in [0.1, 0.15) is 0 Å². The van der Waals surface area contributed by atoms with Crippen LogP contribution in [0.5, 0.6) is 0 Å². The molecule has 1 fully saturated rings. The summed E-state index contributed by atoms with van der Waals surface area (Å²) in [7, 11) is 1.85. The van der Waals surface area contributed by atoms with Crippen LogP contribution in [0.25, 0.3) is 0 Å². The molecule has 0 aliphatic carbocycles. The second-order valence-corrected chi connectivity index (χ2v) is 6.45. The zero-order chi connectivity index (χ0) is 16.7. The number of anilines is 1. The lowest BCUT2D eigenvalue weighted by atomic mass is 10.3. The number of rotatable bonds is 6. The minimum absolute atomic E-state index is 0.0574. The highest BCUT2D eigenvalue weighted by Gasteiger charge is 2.18. The van der Waals surface area contributed by atoms with Crippen LogP contribution in [0.15, 0.2) is 28.7 Å². The molecular formula is C16H22BrN3O3. The molecule has 1 saturated heterocycles. The number of hydrogen-bond acceptors (Lipinski definition) is 4. The van der Waals surface area contributed by atoms with Gasteiger partial charge in [0, 0.05) is 36.2 Å². The van der Waals surface area contributed by atoms with Gasteiger partial charge < -0.3 is 15.0 Å². The van der Waals surface area contributed by atoms with Crippen molar-refractivity contribution in [2.45, 2.75) is 6.42 Å². The van der Waals surface area contributed by atoms with Gasteiger partial charge >= 0.3 is 0 Å². The summed E-state index contributed by atoms with van der Waals surface area (Å²) in [5, 5.41) is 2.84. The first-order valence-corrected chi connectivity index (χ1v) is 8.43. The van der Waals surface area contributed by atoms with Gasteiger partial charge in [0.2, 0.25) is 11.8 Å². The Kier molecular flexibility index (Phi) is 7.01. The minimum Gasteiger partial charge on any atom is -0.378 e. The topological polar surface area (TPSA) is 61.9 Å². The van der Waals surface area contributed by atoms with Crippen LogP contribution in [0.3, 0.4) is 0 Å². The van der Waals surface area contributed by atoms with Crippen molar-refractivity contribution < 1.29 is 14.3 Å². The smallest absolute Gasteiger partial charge is 0.236 e. The third-order valence-corrected chi connectivity index (χ3v) is 4.15. The van der Waals surface area contributed by atoms with E-state index >= 15 is 0 Å². The number of nitrogens with zero attached hydrogens (tertiary/aromatic N) is 2. The lowest BCUT2D eigenvalue weighted by molar-refractivity contribution is -0.136. The zero-order valence-electron chi connectivity index (χ0n) is 13.3. The van der Waals surface area contributed by atoms with Gasteiger partial charge in [-0.1, -0.05) is 15.9 Å². The standard InChI is InChI=1S/C16H22BrN3O3/c1-19(12-16(22)20-8-10-23-11-9-20)7-6-15(21)18-14-4-2-13(17)3-5-14/h2-5H,6-12H2,1H3,(H,18,21). The predicted molar refractivity (Wildman–Crippen MR) is 92.3 cm³/mol. The molecule has 0 saturated carbocycles. The molecule has 23 heavy (non-hydrogen) atoms. The molecule has 6 nitrogen and oxygen atoms in total. The summed E-state index contributed by atoms with van der Waals surface area (Å²) in [4.78, 5) is 27.7. The fourth-order valence-corrected chi connectivity index (χ4v) is 2.54. The highest BCUT2D eigenvalue weighted by atomic mass is 79.9. The van der Waals surface area contributed by atoms with Crippen LogP contribution in [0.1, 0.15) is 6.42 Å². The Labute approximate surface area is 144 Å². The molecule has 0 atom stereocenters. The Morgan fingerprint density at radius 1 is 1.26 bits per heavy atom. The number of ether oxygens (including phenoxy) is 1. The molecule has 126 valence electrons. The number of amides is 2. The number of nitrogens with one attached hydrogen (secondary N) is 1. The molecule has 1 aliphatic rings. The van der Waals surface area contributed by atoms with E-state index < -0.39 is 0 Å². The first kappa shape index (κ1) is 17.9. The third-order valence-electron chi connectivity index (χ3n) is 3.62. The Bertz CT molecular complexity index is 530. The number of likely N-dealkylation sites (N-methyl/N-ethyl adjacent to an activating group) is 1. The number of hydrogen-bond donors (Lipinski definition) is 1. The van der Waals surface area contributed by atoms with Gasteiger partial charge in [0.15, 0.2) is 0 Å². The number of morpholine rings is 1. The van der Waals surface area contributed by atoms with E-state index in [4.69, 9.17) is 4.74 Å². The number of halogens is 1. The van der Waals surface area contributed by atoms with E-state index in [1.807, 2.05) is 41.1 Å². The summed E-state index contributed by atoms with van der Waals surface area (Å²) in [6.45, 7) is 3.37. The first-order valence-electron chi connectivity index (χ1n) is 7.64. The molecule has 1 aliphatic heterocycles. The van der Waals surface area contributed by atoms with Gasteiger partial charge in [-0.05, 0) is 31.3 Å². The molecule has 0 bridgehead atoms. The summed E-state index contributed by atoms with van der Waals surface area (Å²) >= 11 is 3.35. The SMILES string of the molecule is CN(CCC(=O)Nc1ccc(Br)cc1)CC(=O)N1CCOCC1. The van der Waals surface area contributed by atoms with E-state index in [2.05, 4.69) is 21.2 Å². The quantitative estimate of drug-likeness (QED) is 0.809. The molecule has 0 spiro atoms. The zero-order valence-corrected chi connectivity index (χ0v) is 14.8. The van der Waals surface area contributed by atoms with Crippen molar-refractivity contribution in [1.29, 1.82) is 0 Å². The molecule has 1 N–H and O–H groups in total. The minimum atomic E-state index is -0.0574. The molecule has 2 rings (SSSR count). The molecular weight excluding hydrogens is 362 g/mol. The highest BCUT2D eigenvalue weighted by molar-refractivity contribution is 9.10. The molecule has 1 aromatic carbocycles. The molecule has 1 aromatic rings. The van der Waals surface area contributed by atoms with Crippen molar-refractivity contribution in [1.82, 2.24) is 9.80 Å². The van der Waals surface area contributed by atoms with Gasteiger partial charge in [-0.2, -0.15) is 0 Å². The molecule has 0 radical (unpaired) electrons. The van der Waals surface area contributed by atoms with Crippen molar-refractivity contribution in [3.8, 4) is 0 Å². The fraction of sp³-hybridized carbons (Fsp3) is 0.500. The van der Waals surface area contributed by atoms with Crippen LogP contribution < -0.4 is 5.32 Å². The second-order valence-electron chi connectivity index (χ2n) is 5.54. The summed E-state index contributed by atoms with van der Waals surface area (Å²) in [6.07, 6.45) is 0.350. The lowest BCUT2D eigenvalue weighted by Crippen LogP contribution is -2.45. The maximum Gasteiger partial charge on any atom is 0.236 e. The van der Waals surface area contributed by atoms with E-state index in [-0.39, 0.29) is 11.8 Å². The molecule has 0 unspecified atom stereocenters. The van der Waals surface area contributed by atoms with Crippen LogP contribution in [0, 0.1) is 0 Å². The van der Waals surface area contributed by atoms with E-state index in [1.165, 1.54) is 0 Å². The predicted octanol–water partition coefficient (Wildman–Crippen LogP) is 1.57. The maximum atomic E-state index is 12.1. The molecule has 7 heteroatoms. The highest BCUT2D eigenvalue weighted by Crippen LogP contribution is 2.14. The third kappa shape index (κ3) is 6.29. The van der Waals surface area contributed by atoms with Crippen LogP contribution in [-0.4, -0.2) is 68.1 Å². The molecule has 0 aromatic heterocycles. The molecule has 1 heterocycles. The summed E-state index contributed by atoms with van der Waals surface area (Å²) in [6, 6.07) is 7.44. The van der Waals surface area contributed by atoms with Crippen molar-refractivity contribution >= 4 is 33.4 Å². The number of carbonyl (C=O) groups excluding carboxylic acids is 2. The van der Waals surface area contributed by atoms with E-state index in [9.17, 15) is 9.59 Å². The van der Waals surface area contributed by atoms with Crippen molar-refractivity contribution in [3.05, 3.63) is 28.7 Å².